The van der Waals surface area contributed by atoms with E-state index in [0.717, 1.165) is 47.3 Å². The summed E-state index contributed by atoms with van der Waals surface area (Å²) in [7, 11) is 0. The third kappa shape index (κ3) is 8.21. The summed E-state index contributed by atoms with van der Waals surface area (Å²) in [5.74, 6) is 5.97. The van der Waals surface area contributed by atoms with Gasteiger partial charge < -0.3 is 5.71 Å². The van der Waals surface area contributed by atoms with Crippen LogP contribution < -0.4 is 161 Å². The molecule has 8 atom stereocenters. The van der Waals surface area contributed by atoms with Crippen molar-refractivity contribution in [3.05, 3.63) is 0 Å². The Kier molecular flexibility index (Phi) is 17.3. The monoisotopic (exact) mass is 712 g/mol. The van der Waals surface area contributed by atoms with Gasteiger partial charge in [-0.3, -0.25) is 42.5 Å². The van der Waals surface area contributed by atoms with Gasteiger partial charge >= 0.3 is 118 Å². The van der Waals surface area contributed by atoms with E-state index >= 15 is 0 Å². The van der Waals surface area contributed by atoms with E-state index in [1.807, 2.05) is 0 Å². The van der Waals surface area contributed by atoms with E-state index in [1.54, 1.807) is 0 Å². The fourth-order valence-electron chi connectivity index (χ4n) is 12.0. The molecular formula is C32H60N8Na4Zn. The van der Waals surface area contributed by atoms with Crippen molar-refractivity contribution < 1.29 is 143 Å². The molecule has 0 aromatic rings. The normalized spacial score (nSPS) is 51.2. The largest absolute Gasteiger partial charge is 1.00 e. The van der Waals surface area contributed by atoms with Gasteiger partial charge in [0.2, 0.25) is 0 Å². The van der Waals surface area contributed by atoms with Crippen molar-refractivity contribution in [3.8, 4) is 0 Å². The third-order valence-corrected chi connectivity index (χ3v) is 13.8. The Labute approximate surface area is 380 Å². The van der Waals surface area contributed by atoms with Crippen LogP contribution in [0.25, 0.3) is 0 Å². The van der Waals surface area contributed by atoms with E-state index in [2.05, 4.69) is 42.5 Å². The van der Waals surface area contributed by atoms with E-state index in [0.29, 0.717) is 49.3 Å². The average molecular weight is 714 g/mol. The van der Waals surface area contributed by atoms with E-state index in [-0.39, 0.29) is 143 Å². The van der Waals surface area contributed by atoms with E-state index in [9.17, 15) is 0 Å². The Bertz CT molecular complexity index is 756. The Morgan fingerprint density at radius 2 is 0.356 bits per heavy atom. The molecule has 5 saturated heterocycles. The van der Waals surface area contributed by atoms with Gasteiger partial charge in [0.25, 0.3) is 0 Å². The molecule has 8 nitrogen and oxygen atoms in total. The molecule has 0 radical (unpaired) electrons. The molecule has 0 amide bonds. The molecule has 0 spiro atoms. The first-order valence-corrected chi connectivity index (χ1v) is 17.9. The van der Waals surface area contributed by atoms with Crippen molar-refractivity contribution in [2.24, 2.45) is 47.3 Å². The molecule has 234 valence electrons. The molecule has 0 aromatic heterocycles. The van der Waals surface area contributed by atoms with Gasteiger partial charge in [-0.15, -0.1) is 0 Å². The Morgan fingerprint density at radius 1 is 0.244 bits per heavy atom. The van der Waals surface area contributed by atoms with E-state index in [4.69, 9.17) is 0 Å². The molecule has 9 fully saturated rings. The first kappa shape index (κ1) is 42.1. The summed E-state index contributed by atoms with van der Waals surface area (Å²) in [5, 5.41) is 33.8. The van der Waals surface area contributed by atoms with Crippen molar-refractivity contribution >= 4 is 0 Å². The molecular weight excluding hydrogens is 654 g/mol. The van der Waals surface area contributed by atoms with Crippen molar-refractivity contribution in [1.29, 1.82) is 0 Å². The van der Waals surface area contributed by atoms with Crippen LogP contribution in [0.1, 0.15) is 108 Å². The summed E-state index contributed by atoms with van der Waals surface area (Å²) in [6.45, 7) is 0. The van der Waals surface area contributed by atoms with Gasteiger partial charge in [-0.1, -0.05) is 51.4 Å². The summed E-state index contributed by atoms with van der Waals surface area (Å²) in [4.78, 5) is 0. The fraction of sp³-hybridized carbons (Fsp3) is 1.00. The van der Waals surface area contributed by atoms with Crippen LogP contribution in [0.5, 0.6) is 0 Å². The second-order valence-corrected chi connectivity index (χ2v) is 15.6. The molecule has 45 heavy (non-hydrogen) atoms. The van der Waals surface area contributed by atoms with Gasteiger partial charge in [-0.25, -0.2) is 0 Å². The maximum Gasteiger partial charge on any atom is 1.00 e. The number of hydrogen-bond acceptors (Lipinski definition) is 8. The topological polar surface area (TPSA) is 96.2 Å². The van der Waals surface area contributed by atoms with Gasteiger partial charge in [-0.2, -0.15) is 0 Å². The van der Waals surface area contributed by atoms with Crippen molar-refractivity contribution in [2.75, 3.05) is 0 Å². The zero-order valence-corrected chi connectivity index (χ0v) is 40.2. The fourth-order valence-corrected chi connectivity index (χ4v) is 12.0. The van der Waals surface area contributed by atoms with Crippen molar-refractivity contribution in [2.45, 2.75) is 152 Å². The Balaban J connectivity index is 0.00000256. The maximum absolute atomic E-state index is 4.26. The molecule has 4 aliphatic carbocycles. The molecule has 9 rings (SSSR count). The van der Waals surface area contributed by atoms with Crippen molar-refractivity contribution in [3.63, 3.8) is 0 Å². The molecule has 8 bridgehead atoms. The van der Waals surface area contributed by atoms with Crippen LogP contribution in [-0.4, -0.2) is 49.3 Å². The molecule has 5 aliphatic heterocycles. The van der Waals surface area contributed by atoms with Gasteiger partial charge in [0.05, 0.1) is 49.3 Å². The second-order valence-electron chi connectivity index (χ2n) is 15.6. The molecule has 0 aromatic carbocycles. The summed E-state index contributed by atoms with van der Waals surface area (Å²) in [5.41, 5.74) is 0. The third-order valence-electron chi connectivity index (χ3n) is 13.8. The summed E-state index contributed by atoms with van der Waals surface area (Å²) in [6.07, 6.45) is 25.6. The Morgan fingerprint density at radius 3 is 0.467 bits per heavy atom. The van der Waals surface area contributed by atoms with Crippen LogP contribution in [0, 0.1) is 47.3 Å². The van der Waals surface area contributed by atoms with Gasteiger partial charge in [-0.05, 0) is 98.7 Å². The molecule has 8 N–H and O–H groups in total. The van der Waals surface area contributed by atoms with Crippen LogP contribution in [0.2, 0.25) is 0 Å². The first-order chi connectivity index (χ1) is 19.8. The van der Waals surface area contributed by atoms with Crippen LogP contribution in [-0.2, 0) is 19.5 Å². The predicted molar refractivity (Wildman–Crippen MR) is 162 cm³/mol. The van der Waals surface area contributed by atoms with Crippen LogP contribution >= 0.6 is 0 Å². The molecule has 5 heterocycles. The van der Waals surface area contributed by atoms with Gasteiger partial charge in [0, 0.05) is 19.5 Å². The van der Waals surface area contributed by atoms with E-state index in [1.165, 1.54) is 103 Å². The standard InChI is InChI=1S/C32H56N8.4Na.Zn.4H/c1-2-10-18-17(9-1)25-33-26(18)38-28-21-13-5-6-14-22(21)30(35-28)40-32-24-16-8-7-15-23(24)31(36-32)39-29-20-12-4-3-11-19(20)27(34-29)37-25;;;;;;;;;/h17-40H,1-16H2;;;;;;;;;/q;4*+1;;4*-1. The van der Waals surface area contributed by atoms with Crippen molar-refractivity contribution in [1.82, 2.24) is 42.5 Å². The summed E-state index contributed by atoms with van der Waals surface area (Å²) < 4.78 is 0. The number of fused-ring (bicyclic) bond motifs is 20. The second kappa shape index (κ2) is 18.6. The zero-order valence-electron chi connectivity index (χ0n) is 33.3. The maximum atomic E-state index is 4.26. The Hall–Kier alpha value is 4.30. The summed E-state index contributed by atoms with van der Waals surface area (Å²) in [6, 6.07) is 0. The number of rotatable bonds is 0. The minimum Gasteiger partial charge on any atom is -1.00 e. The quantitative estimate of drug-likeness (QED) is 0.118. The smallest absolute Gasteiger partial charge is 1.00 e. The van der Waals surface area contributed by atoms with Crippen LogP contribution in [0.4, 0.5) is 0 Å². The van der Waals surface area contributed by atoms with E-state index < -0.39 is 0 Å². The minimum absolute atomic E-state index is 0. The average Bonchev–Trinajstić information content (AvgIpc) is 3.73. The SMILES string of the molecule is C1CCC2C3NC(NC4NC(NC5NC(NC6NC(N3)C3CCCCC63)C3CCCCC53)C3CCCCC43)C2C1.[H-].[H-].[H-].[H-].[Na+].[Na+].[Na+].[Na+].[Zn]. The number of nitrogens with one attached hydrogen (secondary N) is 8. The molecule has 9 aliphatic rings. The molecule has 8 unspecified atom stereocenters. The molecule has 4 saturated carbocycles. The zero-order chi connectivity index (χ0) is 26.2. The first-order valence-electron chi connectivity index (χ1n) is 17.9. The minimum atomic E-state index is 0. The van der Waals surface area contributed by atoms with Gasteiger partial charge in [0.15, 0.2) is 0 Å². The summed E-state index contributed by atoms with van der Waals surface area (Å²) >= 11 is 0. The van der Waals surface area contributed by atoms with Crippen LogP contribution in [0.3, 0.4) is 0 Å². The molecule has 13 heteroatoms. The number of hydrogen-bond donors (Lipinski definition) is 8. The van der Waals surface area contributed by atoms with Crippen LogP contribution in [0.15, 0.2) is 0 Å². The predicted octanol–water partition coefficient (Wildman–Crippen LogP) is -8.93. The van der Waals surface area contributed by atoms with Gasteiger partial charge in [0.1, 0.15) is 0 Å².